The minimum atomic E-state index is -0.692. The van der Waals surface area contributed by atoms with Crippen LogP contribution in [0.3, 0.4) is 0 Å². The van der Waals surface area contributed by atoms with Crippen LogP contribution in [0.4, 0.5) is 5.82 Å². The van der Waals surface area contributed by atoms with E-state index in [-0.39, 0.29) is 33.2 Å². The van der Waals surface area contributed by atoms with Crippen LogP contribution >= 0.6 is 11.6 Å². The third-order valence-electron chi connectivity index (χ3n) is 3.57. The number of nitrogens with zero attached hydrogens (tertiary/aromatic N) is 1. The topological polar surface area (TPSA) is 120 Å². The number of methoxy groups -OCH3 is 1. The van der Waals surface area contributed by atoms with E-state index in [9.17, 15) is 19.2 Å². The third-order valence-corrected chi connectivity index (χ3v) is 3.90. The molecule has 3 rings (SSSR count). The molecule has 0 saturated heterocycles. The number of nitrogens with one attached hydrogen (secondary N) is 1. The Bertz CT molecular complexity index is 980. The van der Waals surface area contributed by atoms with Gasteiger partial charge in [0.15, 0.2) is 0 Å². The number of pyridine rings is 1. The molecular weight excluding hydrogens is 338 g/mol. The molecule has 2 amide bonds. The Morgan fingerprint density at radius 1 is 1.21 bits per heavy atom. The average molecular weight is 348 g/mol. The zero-order chi connectivity index (χ0) is 17.6. The normalized spacial score (nSPS) is 12.8. The maximum absolute atomic E-state index is 12.3. The number of esters is 1. The van der Waals surface area contributed by atoms with Gasteiger partial charge in [0.25, 0.3) is 17.4 Å². The molecule has 0 spiro atoms. The summed E-state index contributed by atoms with van der Waals surface area (Å²) in [7, 11) is 1.19. The van der Waals surface area contributed by atoms with Crippen LogP contribution in [-0.4, -0.2) is 29.5 Å². The Kier molecular flexibility index (Phi) is 3.61. The highest BCUT2D eigenvalue weighted by Crippen LogP contribution is 2.25. The van der Waals surface area contributed by atoms with Crippen LogP contribution in [0.2, 0.25) is 5.02 Å². The molecule has 0 atom stereocenters. The molecule has 1 aliphatic heterocycles. The number of hydrogen-bond donors (Lipinski definition) is 2. The van der Waals surface area contributed by atoms with Crippen LogP contribution < -0.4 is 16.6 Å². The van der Waals surface area contributed by atoms with Gasteiger partial charge in [0.05, 0.1) is 34.5 Å². The molecule has 1 aromatic carbocycles. The van der Waals surface area contributed by atoms with E-state index in [1.807, 2.05) is 0 Å². The average Bonchev–Trinajstić information content (AvgIpc) is 2.82. The quantitative estimate of drug-likeness (QED) is 0.610. The van der Waals surface area contributed by atoms with Crippen molar-refractivity contribution in [2.24, 2.45) is 0 Å². The number of amides is 2. The molecule has 2 heterocycles. The zero-order valence-electron chi connectivity index (χ0n) is 12.3. The van der Waals surface area contributed by atoms with Crippen LogP contribution in [0.15, 0.2) is 29.1 Å². The first-order valence-corrected chi connectivity index (χ1v) is 7.02. The smallest absolute Gasteiger partial charge is 0.339 e. The molecule has 3 N–H and O–H groups in total. The number of halogens is 1. The van der Waals surface area contributed by atoms with E-state index in [0.29, 0.717) is 0 Å². The number of carbonyl (C=O) groups is 3. The highest BCUT2D eigenvalue weighted by atomic mass is 35.5. The molecule has 8 nitrogen and oxygen atoms in total. The van der Waals surface area contributed by atoms with E-state index < -0.39 is 23.3 Å². The number of anilines is 1. The molecule has 2 aromatic rings. The summed E-state index contributed by atoms with van der Waals surface area (Å²) < 4.78 is 5.64. The highest BCUT2D eigenvalue weighted by molar-refractivity contribution is 6.33. The van der Waals surface area contributed by atoms with E-state index in [4.69, 9.17) is 17.3 Å². The first-order chi connectivity index (χ1) is 11.3. The Labute approximate surface area is 139 Å². The molecule has 24 heavy (non-hydrogen) atoms. The number of carbonyl (C=O) groups excluding carboxylic acids is 3. The van der Waals surface area contributed by atoms with Crippen LogP contribution in [0.5, 0.6) is 0 Å². The lowest BCUT2D eigenvalue weighted by Crippen LogP contribution is -2.24. The number of nitrogens with two attached hydrogens (primary N) is 1. The molecule has 9 heteroatoms. The molecule has 0 radical (unpaired) electrons. The van der Waals surface area contributed by atoms with E-state index in [2.05, 4.69) is 10.1 Å². The molecule has 0 unspecified atom stereocenters. The van der Waals surface area contributed by atoms with Gasteiger partial charge in [-0.1, -0.05) is 11.6 Å². The summed E-state index contributed by atoms with van der Waals surface area (Å²) in [6, 6.07) is 5.17. The Morgan fingerprint density at radius 2 is 1.92 bits per heavy atom. The summed E-state index contributed by atoms with van der Waals surface area (Å²) in [6.45, 7) is 0. The molecule has 1 aromatic heterocycles. The number of fused-ring (bicyclic) bond motifs is 1. The molecule has 0 bridgehead atoms. The second kappa shape index (κ2) is 5.50. The third kappa shape index (κ3) is 2.24. The summed E-state index contributed by atoms with van der Waals surface area (Å²) in [5.74, 6) is -2.28. The Hall–Kier alpha value is -3.13. The number of imide groups is 1. The van der Waals surface area contributed by atoms with Gasteiger partial charge in [-0.2, -0.15) is 0 Å². The van der Waals surface area contributed by atoms with Gasteiger partial charge in [-0.3, -0.25) is 24.3 Å². The Balaban J connectivity index is 2.27. The first-order valence-electron chi connectivity index (χ1n) is 6.64. The zero-order valence-corrected chi connectivity index (χ0v) is 13.0. The summed E-state index contributed by atoms with van der Waals surface area (Å²) >= 11 is 5.94. The standard InChI is InChI=1S/C15H10ClN3O5/c1-24-15(23)7-4-6(2-3-9(7)16)19-10(20)5-8-11(12(19)17)14(22)18-13(8)21/h2-5H,17H2,1H3,(H,18,21,22). The number of ether oxygens (including phenoxy) is 1. The van der Waals surface area contributed by atoms with Gasteiger partial charge < -0.3 is 10.5 Å². The van der Waals surface area contributed by atoms with Gasteiger partial charge >= 0.3 is 5.97 Å². The lowest BCUT2D eigenvalue weighted by Gasteiger charge is -2.13. The second-order valence-corrected chi connectivity index (χ2v) is 5.34. The Morgan fingerprint density at radius 3 is 2.58 bits per heavy atom. The van der Waals surface area contributed by atoms with Gasteiger partial charge in [-0.05, 0) is 18.2 Å². The van der Waals surface area contributed by atoms with E-state index in [1.54, 1.807) is 0 Å². The van der Waals surface area contributed by atoms with Crippen molar-refractivity contribution in [2.45, 2.75) is 0 Å². The van der Waals surface area contributed by atoms with Crippen molar-refractivity contribution >= 4 is 35.2 Å². The molecule has 0 saturated carbocycles. The fourth-order valence-electron chi connectivity index (χ4n) is 2.46. The fourth-order valence-corrected chi connectivity index (χ4v) is 2.66. The van der Waals surface area contributed by atoms with Crippen LogP contribution in [0, 0.1) is 0 Å². The van der Waals surface area contributed by atoms with E-state index in [0.717, 1.165) is 10.6 Å². The summed E-state index contributed by atoms with van der Waals surface area (Å²) in [5.41, 5.74) is 5.35. The number of nitrogen functional groups attached to an aromatic ring is 1. The maximum atomic E-state index is 12.3. The first kappa shape index (κ1) is 15.8. The van der Waals surface area contributed by atoms with Gasteiger partial charge in [0.1, 0.15) is 5.82 Å². The molecule has 0 aliphatic carbocycles. The molecule has 1 aliphatic rings. The SMILES string of the molecule is COC(=O)c1cc(-n2c(N)c3c(cc2=O)C(=O)NC3=O)ccc1Cl. The highest BCUT2D eigenvalue weighted by Gasteiger charge is 2.32. The van der Waals surface area contributed by atoms with Crippen molar-refractivity contribution in [1.29, 1.82) is 0 Å². The van der Waals surface area contributed by atoms with Crippen LogP contribution in [0.25, 0.3) is 5.69 Å². The number of benzene rings is 1. The number of rotatable bonds is 2. The molecule has 0 fully saturated rings. The van der Waals surface area contributed by atoms with Crippen LogP contribution in [0.1, 0.15) is 31.1 Å². The van der Waals surface area contributed by atoms with E-state index >= 15 is 0 Å². The van der Waals surface area contributed by atoms with Crippen molar-refractivity contribution in [1.82, 2.24) is 9.88 Å². The van der Waals surface area contributed by atoms with Crippen molar-refractivity contribution in [3.63, 3.8) is 0 Å². The van der Waals surface area contributed by atoms with Crippen molar-refractivity contribution in [3.05, 3.63) is 56.3 Å². The number of hydrogen-bond acceptors (Lipinski definition) is 6. The predicted octanol–water partition coefficient (Wildman–Crippen LogP) is 0.743. The lowest BCUT2D eigenvalue weighted by molar-refractivity contribution is 0.0600. The lowest BCUT2D eigenvalue weighted by atomic mass is 10.1. The van der Waals surface area contributed by atoms with Crippen LogP contribution in [-0.2, 0) is 4.74 Å². The van der Waals surface area contributed by atoms with Crippen molar-refractivity contribution < 1.29 is 19.1 Å². The summed E-state index contributed by atoms with van der Waals surface area (Å²) in [4.78, 5) is 47.6. The molecular formula is C15H10ClN3O5. The van der Waals surface area contributed by atoms with Gasteiger partial charge in [0.2, 0.25) is 0 Å². The van der Waals surface area contributed by atoms with Gasteiger partial charge in [-0.25, -0.2) is 4.79 Å². The van der Waals surface area contributed by atoms with Crippen molar-refractivity contribution in [3.8, 4) is 5.69 Å². The fraction of sp³-hybridized carbons (Fsp3) is 0.0667. The predicted molar refractivity (Wildman–Crippen MR) is 84.6 cm³/mol. The van der Waals surface area contributed by atoms with Crippen molar-refractivity contribution in [2.75, 3.05) is 12.8 Å². The number of aromatic nitrogens is 1. The van der Waals surface area contributed by atoms with E-state index in [1.165, 1.54) is 25.3 Å². The summed E-state index contributed by atoms with van der Waals surface area (Å²) in [6.07, 6.45) is 0. The second-order valence-electron chi connectivity index (χ2n) is 4.93. The minimum Gasteiger partial charge on any atom is -0.465 e. The van der Waals surface area contributed by atoms with Gasteiger partial charge in [0, 0.05) is 6.07 Å². The maximum Gasteiger partial charge on any atom is 0.339 e. The summed E-state index contributed by atoms with van der Waals surface area (Å²) in [5, 5.41) is 2.20. The minimum absolute atomic E-state index is 0.0315. The monoisotopic (exact) mass is 347 g/mol. The van der Waals surface area contributed by atoms with Gasteiger partial charge in [-0.15, -0.1) is 0 Å². The largest absolute Gasteiger partial charge is 0.465 e. The molecule has 122 valence electrons.